The van der Waals surface area contributed by atoms with Crippen molar-refractivity contribution in [3.63, 3.8) is 0 Å². The maximum absolute atomic E-state index is 12.7. The molecule has 0 aliphatic heterocycles. The average molecular weight is 420 g/mol. The first-order valence-electron chi connectivity index (χ1n) is 8.80. The second-order valence-electron chi connectivity index (χ2n) is 6.27. The largest absolute Gasteiger partial charge is 0.328 e. The Morgan fingerprint density at radius 2 is 1.86 bits per heavy atom. The lowest BCUT2D eigenvalue weighted by Crippen LogP contribution is -2.87. The predicted octanol–water partition coefficient (Wildman–Crippen LogP) is 4.66. The van der Waals surface area contributed by atoms with Gasteiger partial charge in [0.05, 0.1) is 10.6 Å². The minimum Gasteiger partial charge on any atom is -0.328 e. The Balaban J connectivity index is 1.68. The third kappa shape index (κ3) is 5.64. The lowest BCUT2D eigenvalue weighted by atomic mass is 10.0. The summed E-state index contributed by atoms with van der Waals surface area (Å²) in [6.45, 7) is 2.22. The second kappa shape index (κ2) is 9.82. The number of halogens is 2. The number of nitrogens with two attached hydrogens (primary N) is 1. The molecule has 1 aromatic heterocycles. The fourth-order valence-electron chi connectivity index (χ4n) is 2.85. The van der Waals surface area contributed by atoms with Crippen molar-refractivity contribution >= 4 is 34.7 Å². The minimum absolute atomic E-state index is 0.0111. The van der Waals surface area contributed by atoms with E-state index >= 15 is 0 Å². The molecule has 3 aromatic rings. The number of thiophene rings is 1. The van der Waals surface area contributed by atoms with E-state index in [1.807, 2.05) is 23.7 Å². The number of carbonyl (C=O) groups is 1. The van der Waals surface area contributed by atoms with Crippen molar-refractivity contribution in [2.45, 2.75) is 23.6 Å². The zero-order valence-corrected chi connectivity index (χ0v) is 16.9. The third-order valence-corrected chi connectivity index (χ3v) is 5.95. The number of anilines is 1. The van der Waals surface area contributed by atoms with Crippen LogP contribution in [0.3, 0.4) is 0 Å². The van der Waals surface area contributed by atoms with E-state index in [-0.39, 0.29) is 18.5 Å². The second-order valence-corrected chi connectivity index (χ2v) is 8.28. The van der Waals surface area contributed by atoms with Gasteiger partial charge in [0.1, 0.15) is 6.04 Å². The summed E-state index contributed by atoms with van der Waals surface area (Å²) in [5.41, 5.74) is 2.71. The number of thioether (sulfide) groups is 1. The summed E-state index contributed by atoms with van der Waals surface area (Å²) in [7, 11) is 0. The molecule has 3 rings (SSSR count). The topological polar surface area (TPSA) is 45.7 Å². The summed E-state index contributed by atoms with van der Waals surface area (Å²) in [6, 6.07) is 18.9. The molecule has 0 aliphatic rings. The van der Waals surface area contributed by atoms with Crippen molar-refractivity contribution in [2.24, 2.45) is 0 Å². The number of hydrogen-bond acceptors (Lipinski definition) is 3. The van der Waals surface area contributed by atoms with Crippen molar-refractivity contribution in [2.75, 3.05) is 11.9 Å². The van der Waals surface area contributed by atoms with Gasteiger partial charge >= 0.3 is 0 Å². The molecular formula is C21H21F2N2OS2+. The number of nitrogens with one attached hydrogen (secondary N) is 1. The van der Waals surface area contributed by atoms with E-state index in [4.69, 9.17) is 0 Å². The molecule has 0 bridgehead atoms. The molecule has 3 N–H and O–H groups in total. The molecule has 0 aliphatic carbocycles. The van der Waals surface area contributed by atoms with Gasteiger partial charge in [-0.3, -0.25) is 4.79 Å². The number of amides is 1. The number of alkyl halides is 2. The Bertz CT molecular complexity index is 899. The van der Waals surface area contributed by atoms with E-state index in [1.54, 1.807) is 35.6 Å². The summed E-state index contributed by atoms with van der Waals surface area (Å²) in [4.78, 5) is 14.0. The monoisotopic (exact) mass is 419 g/mol. The van der Waals surface area contributed by atoms with Crippen molar-refractivity contribution in [3.8, 4) is 0 Å². The Hall–Kier alpha value is -2.22. The van der Waals surface area contributed by atoms with Crippen molar-refractivity contribution < 1.29 is 18.9 Å². The van der Waals surface area contributed by atoms with E-state index in [0.717, 1.165) is 10.4 Å². The van der Waals surface area contributed by atoms with Crippen LogP contribution in [0.1, 0.15) is 22.0 Å². The van der Waals surface area contributed by atoms with Gasteiger partial charge in [0, 0.05) is 10.5 Å². The highest BCUT2D eigenvalue weighted by molar-refractivity contribution is 7.99. The number of para-hydroxylation sites is 1. The van der Waals surface area contributed by atoms with Crippen LogP contribution in [0.4, 0.5) is 14.5 Å². The lowest BCUT2D eigenvalue weighted by molar-refractivity contribution is -0.675. The summed E-state index contributed by atoms with van der Waals surface area (Å²) < 4.78 is 25.4. The van der Waals surface area contributed by atoms with Crippen LogP contribution in [0.5, 0.6) is 0 Å². The normalized spacial score (nSPS) is 12.1. The maximum atomic E-state index is 12.7. The molecule has 3 nitrogen and oxygen atoms in total. The lowest BCUT2D eigenvalue weighted by Gasteiger charge is -2.15. The van der Waals surface area contributed by atoms with Crippen LogP contribution in [-0.4, -0.2) is 18.2 Å². The van der Waals surface area contributed by atoms with Crippen LogP contribution >= 0.6 is 23.1 Å². The fraction of sp³-hybridized carbons (Fsp3) is 0.190. The van der Waals surface area contributed by atoms with Crippen LogP contribution in [0.25, 0.3) is 0 Å². The minimum atomic E-state index is -2.53. The molecule has 7 heteroatoms. The first kappa shape index (κ1) is 20.5. The fourth-order valence-corrected chi connectivity index (χ4v) is 4.30. The molecule has 0 unspecified atom stereocenters. The SMILES string of the molecule is Cc1ccc([C@@H]([NH2+]CC(=O)Nc2ccccc2SC(F)F)c2cccs2)cc1. The number of rotatable bonds is 8. The molecule has 0 spiro atoms. The molecule has 2 aromatic carbocycles. The number of aryl methyl sites for hydroxylation is 1. The van der Waals surface area contributed by atoms with Crippen LogP contribution in [-0.2, 0) is 4.79 Å². The quantitative estimate of drug-likeness (QED) is 0.522. The first-order valence-corrected chi connectivity index (χ1v) is 10.6. The number of hydrogen-bond donors (Lipinski definition) is 2. The summed E-state index contributed by atoms with van der Waals surface area (Å²) in [5.74, 6) is -2.76. The van der Waals surface area contributed by atoms with Gasteiger partial charge in [-0.1, -0.05) is 59.8 Å². The van der Waals surface area contributed by atoms with Gasteiger partial charge < -0.3 is 10.6 Å². The molecule has 0 radical (unpaired) electrons. The van der Waals surface area contributed by atoms with E-state index in [2.05, 4.69) is 35.6 Å². The van der Waals surface area contributed by atoms with Crippen LogP contribution in [0.15, 0.2) is 70.9 Å². The van der Waals surface area contributed by atoms with Gasteiger partial charge in [0.2, 0.25) is 0 Å². The Morgan fingerprint density at radius 3 is 2.54 bits per heavy atom. The molecule has 0 saturated heterocycles. The van der Waals surface area contributed by atoms with E-state index < -0.39 is 5.76 Å². The molecule has 1 heterocycles. The molecule has 28 heavy (non-hydrogen) atoms. The number of quaternary nitrogens is 1. The zero-order valence-electron chi connectivity index (χ0n) is 15.3. The molecule has 0 fully saturated rings. The van der Waals surface area contributed by atoms with Crippen LogP contribution in [0.2, 0.25) is 0 Å². The smallest absolute Gasteiger partial charge is 0.288 e. The van der Waals surface area contributed by atoms with Crippen molar-refractivity contribution in [1.82, 2.24) is 0 Å². The van der Waals surface area contributed by atoms with Gasteiger partial charge in [-0.2, -0.15) is 8.78 Å². The van der Waals surface area contributed by atoms with Gasteiger partial charge in [-0.05, 0) is 30.5 Å². The van der Waals surface area contributed by atoms with Crippen molar-refractivity contribution in [3.05, 3.63) is 82.0 Å². The summed E-state index contributed by atoms with van der Waals surface area (Å²) in [5, 5.41) is 6.74. The third-order valence-electron chi connectivity index (χ3n) is 4.20. The molecule has 146 valence electrons. The van der Waals surface area contributed by atoms with Crippen molar-refractivity contribution in [1.29, 1.82) is 0 Å². The summed E-state index contributed by atoms with van der Waals surface area (Å²) in [6.07, 6.45) is 0. The van der Waals surface area contributed by atoms with E-state index in [1.165, 1.54) is 5.56 Å². The number of benzene rings is 2. The highest BCUT2D eigenvalue weighted by Crippen LogP contribution is 2.31. The molecular weight excluding hydrogens is 398 g/mol. The molecule has 0 saturated carbocycles. The summed E-state index contributed by atoms with van der Waals surface area (Å²) >= 11 is 2.08. The van der Waals surface area contributed by atoms with Gasteiger partial charge in [-0.15, -0.1) is 11.3 Å². The molecule has 1 atom stereocenters. The Morgan fingerprint density at radius 1 is 1.11 bits per heavy atom. The average Bonchev–Trinajstić information content (AvgIpc) is 3.19. The highest BCUT2D eigenvalue weighted by atomic mass is 32.2. The van der Waals surface area contributed by atoms with Gasteiger partial charge in [0.15, 0.2) is 6.54 Å². The Labute approximate surface area is 171 Å². The zero-order chi connectivity index (χ0) is 19.9. The number of carbonyl (C=O) groups excluding carboxylic acids is 1. The first-order chi connectivity index (χ1) is 13.5. The molecule has 1 amide bonds. The van der Waals surface area contributed by atoms with Crippen LogP contribution in [0, 0.1) is 6.92 Å². The Kier molecular flexibility index (Phi) is 7.19. The standard InChI is InChI=1S/C21H20F2N2OS2/c1-14-8-10-15(11-9-14)20(18-7-4-12-27-18)24-13-19(26)25-16-5-2-3-6-17(16)28-21(22)23/h2-12,20-21,24H,13H2,1H3,(H,25,26)/p+1/t20-/m1/s1. The maximum Gasteiger partial charge on any atom is 0.288 e. The van der Waals surface area contributed by atoms with Crippen LogP contribution < -0.4 is 10.6 Å². The van der Waals surface area contributed by atoms with E-state index in [9.17, 15) is 13.6 Å². The van der Waals surface area contributed by atoms with Gasteiger partial charge in [-0.25, -0.2) is 0 Å². The van der Waals surface area contributed by atoms with E-state index in [0.29, 0.717) is 22.3 Å². The van der Waals surface area contributed by atoms with Gasteiger partial charge in [0.25, 0.3) is 11.7 Å². The predicted molar refractivity (Wildman–Crippen MR) is 111 cm³/mol. The highest BCUT2D eigenvalue weighted by Gasteiger charge is 2.20.